The SMILES string of the molecule is Cc1ccc(S(=O)(=O)Nc2cccc(C)c2C(=O)O)c(Cl)c1. The Morgan fingerprint density at radius 1 is 1.18 bits per heavy atom. The molecule has 0 radical (unpaired) electrons. The molecule has 2 aromatic carbocycles. The summed E-state index contributed by atoms with van der Waals surface area (Å²) in [5.74, 6) is -1.20. The van der Waals surface area contributed by atoms with Crippen LogP contribution in [0.1, 0.15) is 21.5 Å². The second kappa shape index (κ2) is 5.98. The predicted molar refractivity (Wildman–Crippen MR) is 85.1 cm³/mol. The van der Waals surface area contributed by atoms with Crippen molar-refractivity contribution in [1.82, 2.24) is 0 Å². The van der Waals surface area contributed by atoms with Gasteiger partial charge in [-0.3, -0.25) is 4.72 Å². The summed E-state index contributed by atoms with van der Waals surface area (Å²) in [5, 5.41) is 9.32. The largest absolute Gasteiger partial charge is 0.478 e. The van der Waals surface area contributed by atoms with E-state index in [9.17, 15) is 18.3 Å². The molecule has 2 rings (SSSR count). The van der Waals surface area contributed by atoms with Crippen LogP contribution in [0.5, 0.6) is 0 Å². The highest BCUT2D eigenvalue weighted by Gasteiger charge is 2.21. The normalized spacial score (nSPS) is 11.2. The Labute approximate surface area is 133 Å². The van der Waals surface area contributed by atoms with E-state index < -0.39 is 16.0 Å². The summed E-state index contributed by atoms with van der Waals surface area (Å²) in [5.41, 5.74) is 1.20. The maximum absolute atomic E-state index is 12.4. The van der Waals surface area contributed by atoms with Crippen molar-refractivity contribution in [3.05, 3.63) is 58.1 Å². The minimum absolute atomic E-state index is 0.00383. The summed E-state index contributed by atoms with van der Waals surface area (Å²) in [6.07, 6.45) is 0. The minimum atomic E-state index is -3.98. The molecule has 0 amide bonds. The topological polar surface area (TPSA) is 83.5 Å². The van der Waals surface area contributed by atoms with E-state index in [0.29, 0.717) is 5.56 Å². The van der Waals surface area contributed by atoms with Gasteiger partial charge in [0.2, 0.25) is 0 Å². The number of carboxylic acid groups (broad SMARTS) is 1. The van der Waals surface area contributed by atoms with Gasteiger partial charge in [0.05, 0.1) is 16.3 Å². The Morgan fingerprint density at radius 2 is 1.86 bits per heavy atom. The van der Waals surface area contributed by atoms with Crippen LogP contribution in [-0.2, 0) is 10.0 Å². The van der Waals surface area contributed by atoms with Gasteiger partial charge in [0.15, 0.2) is 0 Å². The van der Waals surface area contributed by atoms with E-state index in [1.54, 1.807) is 32.0 Å². The Morgan fingerprint density at radius 3 is 2.45 bits per heavy atom. The number of nitrogens with one attached hydrogen (secondary N) is 1. The number of carboxylic acids is 1. The molecular formula is C15H14ClNO4S. The first-order chi connectivity index (χ1) is 10.2. The summed E-state index contributed by atoms with van der Waals surface area (Å²) < 4.78 is 27.2. The molecule has 0 spiro atoms. The number of hydrogen-bond donors (Lipinski definition) is 2. The number of aryl methyl sites for hydroxylation is 2. The fourth-order valence-corrected chi connectivity index (χ4v) is 3.73. The van der Waals surface area contributed by atoms with E-state index in [0.717, 1.165) is 5.56 Å². The van der Waals surface area contributed by atoms with E-state index in [1.807, 2.05) is 0 Å². The van der Waals surface area contributed by atoms with Crippen molar-refractivity contribution in [2.75, 3.05) is 4.72 Å². The van der Waals surface area contributed by atoms with Crippen molar-refractivity contribution in [3.8, 4) is 0 Å². The van der Waals surface area contributed by atoms with E-state index in [1.165, 1.54) is 18.2 Å². The molecular weight excluding hydrogens is 326 g/mol. The molecule has 0 unspecified atom stereocenters. The molecule has 0 aliphatic heterocycles. The number of rotatable bonds is 4. The van der Waals surface area contributed by atoms with Crippen LogP contribution in [0.3, 0.4) is 0 Å². The molecule has 0 aliphatic carbocycles. The molecule has 0 heterocycles. The summed E-state index contributed by atoms with van der Waals surface area (Å²) in [4.78, 5) is 11.2. The molecule has 0 atom stereocenters. The molecule has 0 saturated carbocycles. The van der Waals surface area contributed by atoms with Gasteiger partial charge in [0, 0.05) is 0 Å². The molecule has 0 saturated heterocycles. The summed E-state index contributed by atoms with van der Waals surface area (Å²) in [6, 6.07) is 9.11. The van der Waals surface area contributed by atoms with Gasteiger partial charge in [-0.1, -0.05) is 29.8 Å². The van der Waals surface area contributed by atoms with Gasteiger partial charge in [-0.25, -0.2) is 13.2 Å². The number of aromatic carboxylic acids is 1. The van der Waals surface area contributed by atoms with Gasteiger partial charge in [-0.2, -0.15) is 0 Å². The van der Waals surface area contributed by atoms with E-state index in [2.05, 4.69) is 4.72 Å². The number of halogens is 1. The Balaban J connectivity index is 2.50. The van der Waals surface area contributed by atoms with E-state index in [-0.39, 0.29) is 21.2 Å². The molecule has 0 bridgehead atoms. The number of hydrogen-bond acceptors (Lipinski definition) is 3. The first kappa shape index (κ1) is 16.3. The van der Waals surface area contributed by atoms with Crippen molar-refractivity contribution < 1.29 is 18.3 Å². The molecule has 0 aromatic heterocycles. The van der Waals surface area contributed by atoms with Gasteiger partial charge >= 0.3 is 5.97 Å². The standard InChI is InChI=1S/C15H14ClNO4S/c1-9-6-7-13(11(16)8-9)22(20,21)17-12-5-3-4-10(2)14(12)15(18)19/h3-8,17H,1-2H3,(H,18,19). The quantitative estimate of drug-likeness (QED) is 0.893. The van der Waals surface area contributed by atoms with E-state index in [4.69, 9.17) is 11.6 Å². The molecule has 7 heteroatoms. The third-order valence-electron chi connectivity index (χ3n) is 3.11. The van der Waals surface area contributed by atoms with Crippen LogP contribution in [0.4, 0.5) is 5.69 Å². The Bertz CT molecular complexity index is 847. The van der Waals surface area contributed by atoms with Crippen molar-refractivity contribution >= 4 is 33.3 Å². The fraction of sp³-hybridized carbons (Fsp3) is 0.133. The van der Waals surface area contributed by atoms with Gasteiger partial charge in [-0.05, 0) is 43.2 Å². The van der Waals surface area contributed by atoms with Crippen LogP contribution in [0.2, 0.25) is 5.02 Å². The summed E-state index contributed by atoms with van der Waals surface area (Å²) in [7, 11) is -3.98. The van der Waals surface area contributed by atoms with Crippen molar-refractivity contribution in [3.63, 3.8) is 0 Å². The van der Waals surface area contributed by atoms with Crippen LogP contribution in [0.15, 0.2) is 41.3 Å². The third-order valence-corrected chi connectivity index (χ3v) is 4.96. The van der Waals surface area contributed by atoms with Crippen LogP contribution in [0, 0.1) is 13.8 Å². The van der Waals surface area contributed by atoms with E-state index >= 15 is 0 Å². The second-order valence-corrected chi connectivity index (χ2v) is 6.90. The molecule has 116 valence electrons. The molecule has 5 nitrogen and oxygen atoms in total. The smallest absolute Gasteiger partial charge is 0.338 e. The summed E-state index contributed by atoms with van der Waals surface area (Å²) >= 11 is 5.98. The van der Waals surface area contributed by atoms with Crippen LogP contribution in [0.25, 0.3) is 0 Å². The maximum Gasteiger partial charge on any atom is 0.338 e. The molecule has 0 aliphatic rings. The lowest BCUT2D eigenvalue weighted by Gasteiger charge is -2.13. The average molecular weight is 340 g/mol. The zero-order chi connectivity index (χ0) is 16.5. The molecule has 2 aromatic rings. The van der Waals surface area contributed by atoms with Gasteiger partial charge in [-0.15, -0.1) is 0 Å². The maximum atomic E-state index is 12.4. The van der Waals surface area contributed by atoms with Gasteiger partial charge < -0.3 is 5.11 Å². The third kappa shape index (κ3) is 3.23. The first-order valence-electron chi connectivity index (χ1n) is 6.34. The Hall–Kier alpha value is -2.05. The van der Waals surface area contributed by atoms with Crippen molar-refractivity contribution in [2.45, 2.75) is 18.7 Å². The first-order valence-corrected chi connectivity index (χ1v) is 8.20. The summed E-state index contributed by atoms with van der Waals surface area (Å²) in [6.45, 7) is 3.39. The Kier molecular flexibility index (Phi) is 4.44. The van der Waals surface area contributed by atoms with Gasteiger partial charge in [0.1, 0.15) is 4.90 Å². The zero-order valence-electron chi connectivity index (χ0n) is 11.9. The van der Waals surface area contributed by atoms with Crippen LogP contribution >= 0.6 is 11.6 Å². The average Bonchev–Trinajstić information content (AvgIpc) is 2.36. The fourth-order valence-electron chi connectivity index (χ4n) is 2.06. The molecule has 2 N–H and O–H groups in total. The lowest BCUT2D eigenvalue weighted by Crippen LogP contribution is -2.16. The molecule has 22 heavy (non-hydrogen) atoms. The highest BCUT2D eigenvalue weighted by molar-refractivity contribution is 7.92. The lowest BCUT2D eigenvalue weighted by molar-refractivity contribution is 0.0697. The van der Waals surface area contributed by atoms with Crippen molar-refractivity contribution in [2.24, 2.45) is 0 Å². The van der Waals surface area contributed by atoms with Crippen LogP contribution in [-0.4, -0.2) is 19.5 Å². The predicted octanol–water partition coefficient (Wildman–Crippen LogP) is 3.46. The van der Waals surface area contributed by atoms with Crippen molar-refractivity contribution in [1.29, 1.82) is 0 Å². The monoisotopic (exact) mass is 339 g/mol. The number of carbonyl (C=O) groups is 1. The van der Waals surface area contributed by atoms with Gasteiger partial charge in [0.25, 0.3) is 10.0 Å². The zero-order valence-corrected chi connectivity index (χ0v) is 13.5. The highest BCUT2D eigenvalue weighted by Crippen LogP contribution is 2.27. The highest BCUT2D eigenvalue weighted by atomic mass is 35.5. The number of benzene rings is 2. The number of sulfonamides is 1. The second-order valence-electron chi connectivity index (χ2n) is 4.84. The lowest BCUT2D eigenvalue weighted by atomic mass is 10.1. The minimum Gasteiger partial charge on any atom is -0.478 e. The number of anilines is 1. The molecule has 0 fully saturated rings. The van der Waals surface area contributed by atoms with Crippen LogP contribution < -0.4 is 4.72 Å².